The molecule has 0 spiro atoms. The fraction of sp³-hybridized carbons (Fsp3) is 0.333. The average molecular weight is 219 g/mol. The van der Waals surface area contributed by atoms with E-state index >= 15 is 0 Å². The maximum Gasteiger partial charge on any atom is 0.339 e. The van der Waals surface area contributed by atoms with Gasteiger partial charge in [0.05, 0.1) is 18.4 Å². The van der Waals surface area contributed by atoms with Gasteiger partial charge in [0.15, 0.2) is 0 Å². The number of esters is 1. The van der Waals surface area contributed by atoms with Crippen LogP contribution in [0.15, 0.2) is 5.57 Å². The Balaban J connectivity index is 2.71. The second-order valence-electron chi connectivity index (χ2n) is 3.93. The van der Waals surface area contributed by atoms with Gasteiger partial charge in [0.1, 0.15) is 0 Å². The van der Waals surface area contributed by atoms with E-state index in [9.17, 15) is 9.59 Å². The summed E-state index contributed by atoms with van der Waals surface area (Å²) in [5, 5.41) is 0. The van der Waals surface area contributed by atoms with Crippen molar-refractivity contribution in [1.29, 1.82) is 0 Å². The number of nitrogens with zero attached hydrogens (tertiary/aromatic N) is 1. The molecule has 0 radical (unpaired) electrons. The van der Waals surface area contributed by atoms with Crippen molar-refractivity contribution >= 4 is 18.0 Å². The number of methoxy groups -OCH3 is 1. The predicted octanol–water partition coefficient (Wildman–Crippen LogP) is 1.95. The molecule has 0 aliphatic carbocycles. The van der Waals surface area contributed by atoms with E-state index in [-0.39, 0.29) is 5.91 Å². The topological polar surface area (TPSA) is 48.3 Å². The Hall–Kier alpha value is -1.84. The Kier molecular flexibility index (Phi) is 2.22. The quantitative estimate of drug-likeness (QED) is 0.678. The first-order valence-electron chi connectivity index (χ1n) is 5.02. The maximum atomic E-state index is 11.8. The standard InChI is InChI=1S/C12H13NO3/c1-6-5-9-7(2)10(12(15)16-4)8(3)13(9)11(6)14/h5H,1-4H3. The molecule has 0 fully saturated rings. The van der Waals surface area contributed by atoms with Gasteiger partial charge in [-0.1, -0.05) is 0 Å². The molecule has 1 aliphatic rings. The summed E-state index contributed by atoms with van der Waals surface area (Å²) in [6.07, 6.45) is 1.80. The lowest BCUT2D eigenvalue weighted by atomic mass is 10.1. The van der Waals surface area contributed by atoms with Gasteiger partial charge in [-0.25, -0.2) is 4.79 Å². The highest BCUT2D eigenvalue weighted by Gasteiger charge is 2.29. The zero-order valence-corrected chi connectivity index (χ0v) is 9.75. The number of aromatic nitrogens is 1. The van der Waals surface area contributed by atoms with E-state index in [2.05, 4.69) is 0 Å². The summed E-state index contributed by atoms with van der Waals surface area (Å²) in [4.78, 5) is 23.4. The summed E-state index contributed by atoms with van der Waals surface area (Å²) in [5.41, 5.74) is 3.43. The van der Waals surface area contributed by atoms with Crippen LogP contribution in [-0.2, 0) is 4.74 Å². The lowest BCUT2D eigenvalue weighted by Crippen LogP contribution is -2.11. The third-order valence-corrected chi connectivity index (χ3v) is 2.98. The van der Waals surface area contributed by atoms with Gasteiger partial charge in [-0.05, 0) is 32.4 Å². The molecule has 4 nitrogen and oxygen atoms in total. The largest absolute Gasteiger partial charge is 0.465 e. The molecule has 16 heavy (non-hydrogen) atoms. The van der Waals surface area contributed by atoms with Gasteiger partial charge in [-0.2, -0.15) is 0 Å². The number of hydrogen-bond donors (Lipinski definition) is 0. The second-order valence-corrected chi connectivity index (χ2v) is 3.93. The zero-order valence-electron chi connectivity index (χ0n) is 9.75. The fourth-order valence-electron chi connectivity index (χ4n) is 2.14. The van der Waals surface area contributed by atoms with Gasteiger partial charge >= 0.3 is 5.97 Å². The highest BCUT2D eigenvalue weighted by Crippen LogP contribution is 2.30. The highest BCUT2D eigenvalue weighted by molar-refractivity contribution is 6.08. The van der Waals surface area contributed by atoms with Crippen molar-refractivity contribution in [2.75, 3.05) is 7.11 Å². The number of fused-ring (bicyclic) bond motifs is 1. The van der Waals surface area contributed by atoms with Gasteiger partial charge in [-0.15, -0.1) is 0 Å². The smallest absolute Gasteiger partial charge is 0.339 e. The van der Waals surface area contributed by atoms with Crippen molar-refractivity contribution in [2.24, 2.45) is 0 Å². The predicted molar refractivity (Wildman–Crippen MR) is 59.5 cm³/mol. The molecule has 1 aliphatic heterocycles. The van der Waals surface area contributed by atoms with Gasteiger partial charge in [0.2, 0.25) is 0 Å². The van der Waals surface area contributed by atoms with Crippen molar-refractivity contribution in [3.8, 4) is 0 Å². The van der Waals surface area contributed by atoms with E-state index in [1.54, 1.807) is 24.5 Å². The Morgan fingerprint density at radius 1 is 1.31 bits per heavy atom. The van der Waals surface area contributed by atoms with Crippen LogP contribution in [0.25, 0.3) is 6.08 Å². The van der Waals surface area contributed by atoms with Crippen LogP contribution >= 0.6 is 0 Å². The van der Waals surface area contributed by atoms with Gasteiger partial charge in [0.25, 0.3) is 5.91 Å². The van der Waals surface area contributed by atoms with Crippen LogP contribution in [0.5, 0.6) is 0 Å². The molecule has 0 atom stereocenters. The lowest BCUT2D eigenvalue weighted by molar-refractivity contribution is 0.0599. The van der Waals surface area contributed by atoms with Crippen LogP contribution in [0.4, 0.5) is 0 Å². The number of rotatable bonds is 1. The molecular weight excluding hydrogens is 206 g/mol. The molecule has 2 rings (SSSR count). The van der Waals surface area contributed by atoms with Crippen molar-refractivity contribution < 1.29 is 14.3 Å². The number of ether oxygens (including phenoxy) is 1. The van der Waals surface area contributed by atoms with E-state index in [0.29, 0.717) is 16.8 Å². The van der Waals surface area contributed by atoms with Crippen molar-refractivity contribution in [2.45, 2.75) is 20.8 Å². The second kappa shape index (κ2) is 3.33. The molecule has 84 valence electrons. The molecular formula is C12H13NO3. The molecule has 0 bridgehead atoms. The molecule has 1 aromatic heterocycles. The van der Waals surface area contributed by atoms with Crippen molar-refractivity contribution in [3.63, 3.8) is 0 Å². The lowest BCUT2D eigenvalue weighted by Gasteiger charge is -2.02. The molecule has 4 heteroatoms. The summed E-state index contributed by atoms with van der Waals surface area (Å²) >= 11 is 0. The highest BCUT2D eigenvalue weighted by atomic mass is 16.5. The summed E-state index contributed by atoms with van der Waals surface area (Å²) in [5.74, 6) is -0.457. The van der Waals surface area contributed by atoms with Crippen LogP contribution in [-0.4, -0.2) is 23.6 Å². The van der Waals surface area contributed by atoms with Gasteiger partial charge < -0.3 is 4.74 Å². The summed E-state index contributed by atoms with van der Waals surface area (Å²) < 4.78 is 6.28. The number of carbonyl (C=O) groups excluding carboxylic acids is 2. The van der Waals surface area contributed by atoms with Crippen LogP contribution < -0.4 is 0 Å². The van der Waals surface area contributed by atoms with Crippen molar-refractivity contribution in [3.05, 3.63) is 28.1 Å². The monoisotopic (exact) mass is 219 g/mol. The van der Waals surface area contributed by atoms with E-state index in [1.807, 2.05) is 6.92 Å². The Labute approximate surface area is 93.5 Å². The zero-order chi connectivity index (χ0) is 12.0. The maximum absolute atomic E-state index is 11.8. The SMILES string of the molecule is COC(=O)c1c(C)c2n(c1C)C(=O)C(C)=C2. The van der Waals surface area contributed by atoms with E-state index in [1.165, 1.54) is 7.11 Å². The van der Waals surface area contributed by atoms with Crippen LogP contribution in [0.2, 0.25) is 0 Å². The Morgan fingerprint density at radius 3 is 2.44 bits per heavy atom. The average Bonchev–Trinajstić information content (AvgIpc) is 2.66. The van der Waals surface area contributed by atoms with Crippen molar-refractivity contribution in [1.82, 2.24) is 4.57 Å². The van der Waals surface area contributed by atoms with E-state index in [4.69, 9.17) is 4.74 Å². The number of hydrogen-bond acceptors (Lipinski definition) is 3. The fourth-order valence-corrected chi connectivity index (χ4v) is 2.14. The molecule has 0 saturated carbocycles. The molecule has 0 N–H and O–H groups in total. The minimum atomic E-state index is -0.393. The first kappa shape index (κ1) is 10.7. The van der Waals surface area contributed by atoms with Gasteiger partial charge in [-0.3, -0.25) is 9.36 Å². The Bertz CT molecular complexity index is 535. The third-order valence-electron chi connectivity index (χ3n) is 2.98. The summed E-state index contributed by atoms with van der Waals surface area (Å²) in [6.45, 7) is 5.35. The summed E-state index contributed by atoms with van der Waals surface area (Å²) in [6, 6.07) is 0. The minimum absolute atomic E-state index is 0.0641. The molecule has 0 unspecified atom stereocenters. The molecule has 2 heterocycles. The molecule has 0 amide bonds. The molecule has 0 saturated heterocycles. The first-order valence-corrected chi connectivity index (χ1v) is 5.02. The molecule has 0 aromatic carbocycles. The normalized spacial score (nSPS) is 13.8. The third kappa shape index (κ3) is 1.16. The Morgan fingerprint density at radius 2 is 1.94 bits per heavy atom. The van der Waals surface area contributed by atoms with E-state index < -0.39 is 5.97 Å². The van der Waals surface area contributed by atoms with Crippen LogP contribution in [0.3, 0.4) is 0 Å². The summed E-state index contributed by atoms with van der Waals surface area (Å²) in [7, 11) is 1.34. The van der Waals surface area contributed by atoms with Crippen LogP contribution in [0.1, 0.15) is 39.0 Å². The molecule has 1 aromatic rings. The number of carbonyl (C=O) groups is 2. The number of allylic oxidation sites excluding steroid dienone is 1. The first-order chi connectivity index (χ1) is 7.49. The minimum Gasteiger partial charge on any atom is -0.465 e. The van der Waals surface area contributed by atoms with E-state index in [0.717, 1.165) is 11.3 Å². The van der Waals surface area contributed by atoms with Crippen LogP contribution in [0, 0.1) is 13.8 Å². The van der Waals surface area contributed by atoms with Gasteiger partial charge in [0, 0.05) is 11.3 Å².